The van der Waals surface area contributed by atoms with E-state index in [0.29, 0.717) is 5.76 Å². The Morgan fingerprint density at radius 3 is 2.53 bits per heavy atom. The lowest BCUT2D eigenvalue weighted by molar-refractivity contribution is -0.135. The molecule has 0 bridgehead atoms. The van der Waals surface area contributed by atoms with Crippen LogP contribution in [0.15, 0.2) is 59.0 Å². The lowest BCUT2D eigenvalue weighted by atomic mass is 10.0. The molecule has 2 heterocycles. The highest BCUT2D eigenvalue weighted by Gasteiger charge is 2.20. The van der Waals surface area contributed by atoms with Crippen LogP contribution in [0.2, 0.25) is 0 Å². The zero-order valence-corrected chi connectivity index (χ0v) is 20.1. The van der Waals surface area contributed by atoms with Crippen LogP contribution < -0.4 is 0 Å². The molecule has 0 aliphatic carbocycles. The number of methoxy groups -OCH3 is 3. The molecule has 0 amide bonds. The number of aromatic nitrogens is 2. The molecule has 0 saturated heterocycles. The highest BCUT2D eigenvalue weighted by molar-refractivity contribution is 7.14. The lowest BCUT2D eigenvalue weighted by Gasteiger charge is -2.21. The molecule has 0 radical (unpaired) electrons. The number of benzene rings is 1. The summed E-state index contributed by atoms with van der Waals surface area (Å²) in [5, 5.41) is 5.98. The molecule has 3 rings (SSSR count). The molecule has 6 nitrogen and oxygen atoms in total. The summed E-state index contributed by atoms with van der Waals surface area (Å²) >= 11 is 3.20. The largest absolute Gasteiger partial charge is 0.500 e. The number of ether oxygens (including phenoxy) is 3. The van der Waals surface area contributed by atoms with Gasteiger partial charge >= 0.3 is 5.97 Å². The second-order valence-electron chi connectivity index (χ2n) is 6.99. The predicted octanol–water partition coefficient (Wildman–Crippen LogP) is 5.23. The molecular formula is C24H26N2O4S2. The SMILES string of the molecule is COC(=O)/C=C(/OC)[C@H](C)[C@H](/C=C/c1csc(-c2csc(Cc3ccccc3)n2)n1)OC. The van der Waals surface area contributed by atoms with Gasteiger partial charge in [-0.1, -0.05) is 43.3 Å². The van der Waals surface area contributed by atoms with E-state index >= 15 is 0 Å². The summed E-state index contributed by atoms with van der Waals surface area (Å²) in [6.07, 6.45) is 5.68. The second-order valence-corrected chi connectivity index (χ2v) is 8.79. The Morgan fingerprint density at radius 1 is 1.06 bits per heavy atom. The zero-order chi connectivity index (χ0) is 22.9. The van der Waals surface area contributed by atoms with Crippen molar-refractivity contribution in [1.29, 1.82) is 0 Å². The molecule has 0 unspecified atom stereocenters. The van der Waals surface area contributed by atoms with Crippen LogP contribution in [0.25, 0.3) is 16.8 Å². The van der Waals surface area contributed by atoms with Crippen molar-refractivity contribution in [2.45, 2.75) is 19.4 Å². The van der Waals surface area contributed by atoms with Crippen LogP contribution >= 0.6 is 22.7 Å². The minimum Gasteiger partial charge on any atom is -0.500 e. The van der Waals surface area contributed by atoms with Crippen molar-refractivity contribution < 1.29 is 19.0 Å². The number of carbonyl (C=O) groups excluding carboxylic acids is 1. The fourth-order valence-electron chi connectivity index (χ4n) is 3.10. The molecule has 32 heavy (non-hydrogen) atoms. The van der Waals surface area contributed by atoms with Gasteiger partial charge in [0.25, 0.3) is 0 Å². The summed E-state index contributed by atoms with van der Waals surface area (Å²) in [4.78, 5) is 21.0. The number of esters is 1. The normalized spacial score (nSPS) is 13.8. The molecule has 0 aliphatic rings. The minimum atomic E-state index is -0.466. The fraction of sp³-hybridized carbons (Fsp3) is 0.292. The molecule has 1 aromatic carbocycles. The first-order valence-electron chi connectivity index (χ1n) is 10.0. The number of hydrogen-bond donors (Lipinski definition) is 0. The lowest BCUT2D eigenvalue weighted by Crippen LogP contribution is -2.21. The summed E-state index contributed by atoms with van der Waals surface area (Å²) in [6.45, 7) is 1.92. The Morgan fingerprint density at radius 2 is 1.84 bits per heavy atom. The molecule has 2 atom stereocenters. The van der Waals surface area contributed by atoms with Crippen LogP contribution in [0.3, 0.4) is 0 Å². The molecule has 0 saturated carbocycles. The van der Waals surface area contributed by atoms with Crippen molar-refractivity contribution in [2.75, 3.05) is 21.3 Å². The first-order valence-corrected chi connectivity index (χ1v) is 11.8. The van der Waals surface area contributed by atoms with Gasteiger partial charge in [-0.3, -0.25) is 0 Å². The number of nitrogens with zero attached hydrogens (tertiary/aromatic N) is 2. The molecule has 3 aromatic rings. The number of carbonyl (C=O) groups is 1. The highest BCUT2D eigenvalue weighted by Crippen LogP contribution is 2.27. The quantitative estimate of drug-likeness (QED) is 0.230. The third kappa shape index (κ3) is 6.35. The van der Waals surface area contributed by atoms with E-state index in [1.54, 1.807) is 29.8 Å². The average Bonchev–Trinajstić information content (AvgIpc) is 3.47. The van der Waals surface area contributed by atoms with Crippen molar-refractivity contribution in [2.24, 2.45) is 5.92 Å². The maximum absolute atomic E-state index is 11.6. The second kappa shape index (κ2) is 11.7. The Kier molecular flexibility index (Phi) is 8.72. The average molecular weight is 471 g/mol. The maximum atomic E-state index is 11.6. The van der Waals surface area contributed by atoms with Crippen LogP contribution in [0.1, 0.15) is 23.2 Å². The topological polar surface area (TPSA) is 70.5 Å². The summed E-state index contributed by atoms with van der Waals surface area (Å²) < 4.78 is 15.6. The number of rotatable bonds is 10. The van der Waals surface area contributed by atoms with Gasteiger partial charge in [0.1, 0.15) is 16.5 Å². The van der Waals surface area contributed by atoms with Crippen molar-refractivity contribution in [3.05, 3.63) is 75.3 Å². The zero-order valence-electron chi connectivity index (χ0n) is 18.5. The van der Waals surface area contributed by atoms with E-state index in [-0.39, 0.29) is 12.0 Å². The van der Waals surface area contributed by atoms with Gasteiger partial charge in [0.05, 0.1) is 37.1 Å². The molecule has 2 aromatic heterocycles. The van der Waals surface area contributed by atoms with Crippen LogP contribution in [0.5, 0.6) is 0 Å². The summed E-state index contributed by atoms with van der Waals surface area (Å²) in [6, 6.07) is 10.3. The van der Waals surface area contributed by atoms with E-state index < -0.39 is 5.97 Å². The van der Waals surface area contributed by atoms with Crippen molar-refractivity contribution in [3.63, 3.8) is 0 Å². The standard InChI is InChI=1S/C24H26N2O4S2/c1-16(21(29-3)13-23(27)30-4)20(28-2)11-10-18-14-32-24(25-18)19-15-31-22(26-19)12-17-8-6-5-7-9-17/h5-11,13-16,20H,12H2,1-4H3/b11-10+,21-13+/t16-,20+/m1/s1. The third-order valence-electron chi connectivity index (χ3n) is 4.86. The van der Waals surface area contributed by atoms with E-state index in [9.17, 15) is 4.79 Å². The smallest absolute Gasteiger partial charge is 0.333 e. The van der Waals surface area contributed by atoms with Gasteiger partial charge in [-0.25, -0.2) is 14.8 Å². The van der Waals surface area contributed by atoms with Gasteiger partial charge in [0, 0.05) is 30.2 Å². The van der Waals surface area contributed by atoms with E-state index in [1.807, 2.05) is 48.0 Å². The molecule has 0 aliphatic heterocycles. The molecule has 8 heteroatoms. The van der Waals surface area contributed by atoms with Crippen molar-refractivity contribution in [3.8, 4) is 10.7 Å². The first-order chi connectivity index (χ1) is 15.5. The number of thiazole rings is 2. The molecule has 0 spiro atoms. The predicted molar refractivity (Wildman–Crippen MR) is 129 cm³/mol. The Hall–Kier alpha value is -2.81. The van der Waals surface area contributed by atoms with Crippen LogP contribution in [0, 0.1) is 5.92 Å². The highest BCUT2D eigenvalue weighted by atomic mass is 32.1. The summed E-state index contributed by atoms with van der Waals surface area (Å²) in [5.74, 6) is -0.162. The van der Waals surface area contributed by atoms with Gasteiger partial charge in [-0.2, -0.15) is 0 Å². The van der Waals surface area contributed by atoms with Crippen LogP contribution in [-0.2, 0) is 25.4 Å². The van der Waals surface area contributed by atoms with Gasteiger partial charge in [0.15, 0.2) is 0 Å². The molecular weight excluding hydrogens is 444 g/mol. The first kappa shape index (κ1) is 23.8. The molecule has 0 N–H and O–H groups in total. The monoisotopic (exact) mass is 470 g/mol. The van der Waals surface area contributed by atoms with Crippen molar-refractivity contribution in [1.82, 2.24) is 9.97 Å². The fourth-order valence-corrected chi connectivity index (χ4v) is 4.73. The van der Waals surface area contributed by atoms with Crippen LogP contribution in [0.4, 0.5) is 0 Å². The summed E-state index contributed by atoms with van der Waals surface area (Å²) in [7, 11) is 4.47. The van der Waals surface area contributed by atoms with Gasteiger partial charge in [0.2, 0.25) is 0 Å². The van der Waals surface area contributed by atoms with Gasteiger partial charge < -0.3 is 14.2 Å². The molecule has 0 fully saturated rings. The third-order valence-corrected chi connectivity index (χ3v) is 6.59. The van der Waals surface area contributed by atoms with Gasteiger partial charge in [-0.15, -0.1) is 22.7 Å². The van der Waals surface area contributed by atoms with Gasteiger partial charge in [-0.05, 0) is 11.6 Å². The minimum absolute atomic E-state index is 0.183. The van der Waals surface area contributed by atoms with E-state index in [4.69, 9.17) is 19.4 Å². The summed E-state index contributed by atoms with van der Waals surface area (Å²) in [5.41, 5.74) is 2.96. The number of hydrogen-bond acceptors (Lipinski definition) is 8. The Labute approximate surface area is 196 Å². The Bertz CT molecular complexity index is 1070. The maximum Gasteiger partial charge on any atom is 0.333 e. The van der Waals surface area contributed by atoms with E-state index in [0.717, 1.165) is 27.8 Å². The van der Waals surface area contributed by atoms with E-state index in [1.165, 1.54) is 25.9 Å². The van der Waals surface area contributed by atoms with Crippen molar-refractivity contribution >= 4 is 34.7 Å². The molecule has 168 valence electrons. The Balaban J connectivity index is 1.68. The van der Waals surface area contributed by atoms with E-state index in [2.05, 4.69) is 16.9 Å². The van der Waals surface area contributed by atoms with Crippen LogP contribution in [-0.4, -0.2) is 43.4 Å².